The Kier molecular flexibility index (Phi) is 9.21. The molecule has 0 radical (unpaired) electrons. The van der Waals surface area contributed by atoms with Gasteiger partial charge >= 0.3 is 0 Å². The molecule has 0 fully saturated rings. The number of halogens is 1. The van der Waals surface area contributed by atoms with Gasteiger partial charge in [-0.25, -0.2) is 0 Å². The number of likely N-dealkylation sites (N-methyl/N-ethyl adjacent to an activating group) is 1. The molecule has 1 aromatic rings. The highest BCUT2D eigenvalue weighted by Gasteiger charge is 2.20. The monoisotopic (exact) mass is 329 g/mol. The van der Waals surface area contributed by atoms with E-state index in [1.54, 1.807) is 12.0 Å². The van der Waals surface area contributed by atoms with Crippen LogP contribution in [0.2, 0.25) is 0 Å². The van der Waals surface area contributed by atoms with Crippen LogP contribution in [0.25, 0.3) is 0 Å². The minimum absolute atomic E-state index is 0. The quantitative estimate of drug-likeness (QED) is 0.784. The summed E-state index contributed by atoms with van der Waals surface area (Å²) in [5.74, 6) is 0.266. The summed E-state index contributed by atoms with van der Waals surface area (Å²) in [6, 6.07) is 7.49. The molecule has 3 N–H and O–H groups in total. The maximum Gasteiger partial charge on any atom is 0.242 e. The number of nitrogens with one attached hydrogen (secondary N) is 1. The molecule has 0 spiro atoms. The molecule has 1 atom stereocenters. The Morgan fingerprint density at radius 1 is 1.41 bits per heavy atom. The highest BCUT2D eigenvalue weighted by Crippen LogP contribution is 2.23. The number of nitrogens with two attached hydrogens (primary N) is 1. The van der Waals surface area contributed by atoms with E-state index in [9.17, 15) is 9.59 Å². The van der Waals surface area contributed by atoms with Crippen LogP contribution in [-0.4, -0.2) is 43.5 Å². The molecule has 0 aliphatic rings. The van der Waals surface area contributed by atoms with Crippen LogP contribution in [0, 0.1) is 0 Å². The zero-order valence-corrected chi connectivity index (χ0v) is 14.0. The van der Waals surface area contributed by atoms with Crippen molar-refractivity contribution in [2.45, 2.75) is 19.9 Å². The first-order valence-electron chi connectivity index (χ1n) is 6.93. The summed E-state index contributed by atoms with van der Waals surface area (Å²) in [5, 5.41) is 2.50. The third-order valence-corrected chi connectivity index (χ3v) is 3.33. The van der Waals surface area contributed by atoms with Gasteiger partial charge in [0, 0.05) is 6.54 Å². The van der Waals surface area contributed by atoms with E-state index in [2.05, 4.69) is 5.32 Å². The Hall–Kier alpha value is -1.79. The molecule has 0 bridgehead atoms. The average Bonchev–Trinajstić information content (AvgIpc) is 2.53. The number of carbonyl (C=O) groups is 2. The molecule has 1 rings (SSSR count). The van der Waals surface area contributed by atoms with Crippen molar-refractivity contribution in [3.63, 3.8) is 0 Å². The number of hydrogen-bond donors (Lipinski definition) is 2. The molecule has 6 nitrogen and oxygen atoms in total. The fourth-order valence-electron chi connectivity index (χ4n) is 2.10. The maximum atomic E-state index is 12.2. The van der Waals surface area contributed by atoms with Crippen molar-refractivity contribution in [1.82, 2.24) is 10.2 Å². The van der Waals surface area contributed by atoms with Crippen LogP contribution in [0.1, 0.15) is 25.5 Å². The number of amides is 2. The van der Waals surface area contributed by atoms with Gasteiger partial charge in [0.25, 0.3) is 0 Å². The first-order chi connectivity index (χ1) is 10.0. The Morgan fingerprint density at radius 3 is 2.64 bits per heavy atom. The number of carbonyl (C=O) groups excluding carboxylic acids is 2. The van der Waals surface area contributed by atoms with Crippen molar-refractivity contribution in [3.8, 4) is 5.75 Å². The van der Waals surface area contributed by atoms with Crippen LogP contribution in [0.15, 0.2) is 24.3 Å². The second-order valence-electron chi connectivity index (χ2n) is 4.61. The SMILES string of the molecule is CCN(C(=O)CNC(=O)CN)C(C)c1cccc(OC)c1.Cl. The summed E-state index contributed by atoms with van der Waals surface area (Å²) in [4.78, 5) is 25.0. The maximum absolute atomic E-state index is 12.2. The van der Waals surface area contributed by atoms with Gasteiger partial charge in [0.05, 0.1) is 26.2 Å². The van der Waals surface area contributed by atoms with Gasteiger partial charge in [-0.15, -0.1) is 12.4 Å². The van der Waals surface area contributed by atoms with Crippen LogP contribution < -0.4 is 15.8 Å². The zero-order valence-electron chi connectivity index (χ0n) is 13.2. The molecule has 0 aromatic heterocycles. The highest BCUT2D eigenvalue weighted by molar-refractivity contribution is 5.86. The first-order valence-corrected chi connectivity index (χ1v) is 6.93. The van der Waals surface area contributed by atoms with E-state index in [1.807, 2.05) is 38.1 Å². The summed E-state index contributed by atoms with van der Waals surface area (Å²) < 4.78 is 5.20. The molecule has 0 aliphatic carbocycles. The van der Waals surface area contributed by atoms with Crippen molar-refractivity contribution in [1.29, 1.82) is 0 Å². The van der Waals surface area contributed by atoms with Gasteiger partial charge in [0.2, 0.25) is 11.8 Å². The molecule has 0 saturated heterocycles. The van der Waals surface area contributed by atoms with Crippen LogP contribution in [0.4, 0.5) is 0 Å². The van der Waals surface area contributed by atoms with Crippen LogP contribution >= 0.6 is 12.4 Å². The van der Waals surface area contributed by atoms with Gasteiger partial charge in [-0.05, 0) is 31.5 Å². The molecule has 1 unspecified atom stereocenters. The van der Waals surface area contributed by atoms with E-state index in [-0.39, 0.29) is 43.4 Å². The fourth-order valence-corrected chi connectivity index (χ4v) is 2.10. The third kappa shape index (κ3) is 5.54. The average molecular weight is 330 g/mol. The summed E-state index contributed by atoms with van der Waals surface area (Å²) >= 11 is 0. The summed E-state index contributed by atoms with van der Waals surface area (Å²) in [5.41, 5.74) is 6.18. The van der Waals surface area contributed by atoms with E-state index in [0.29, 0.717) is 6.54 Å². The molecule has 0 saturated carbocycles. The molecule has 124 valence electrons. The summed E-state index contributed by atoms with van der Waals surface area (Å²) in [6.45, 7) is 4.24. The molecule has 0 aliphatic heterocycles. The number of ether oxygens (including phenoxy) is 1. The number of methoxy groups -OCH3 is 1. The van der Waals surface area contributed by atoms with Gasteiger partial charge in [0.1, 0.15) is 5.75 Å². The van der Waals surface area contributed by atoms with E-state index in [0.717, 1.165) is 11.3 Å². The lowest BCUT2D eigenvalue weighted by Crippen LogP contribution is -2.42. The Balaban J connectivity index is 0.00000441. The van der Waals surface area contributed by atoms with Crippen molar-refractivity contribution in [2.24, 2.45) is 5.73 Å². The van der Waals surface area contributed by atoms with Crippen LogP contribution in [0.3, 0.4) is 0 Å². The van der Waals surface area contributed by atoms with E-state index in [1.165, 1.54) is 0 Å². The fraction of sp³-hybridized carbons (Fsp3) is 0.467. The normalized spacial score (nSPS) is 11.1. The number of hydrogen-bond acceptors (Lipinski definition) is 4. The van der Waals surface area contributed by atoms with Crippen molar-refractivity contribution >= 4 is 24.2 Å². The lowest BCUT2D eigenvalue weighted by Gasteiger charge is -2.28. The second-order valence-corrected chi connectivity index (χ2v) is 4.61. The van der Waals surface area contributed by atoms with Gasteiger partial charge in [0.15, 0.2) is 0 Å². The van der Waals surface area contributed by atoms with Crippen LogP contribution in [0.5, 0.6) is 5.75 Å². The molecule has 0 heterocycles. The standard InChI is InChI=1S/C15H23N3O3.ClH/c1-4-18(15(20)10-17-14(19)9-16)11(2)12-6-5-7-13(8-12)21-3;/h5-8,11H,4,9-10,16H2,1-3H3,(H,17,19);1H. The van der Waals surface area contributed by atoms with E-state index < -0.39 is 0 Å². The summed E-state index contributed by atoms with van der Waals surface area (Å²) in [6.07, 6.45) is 0. The van der Waals surface area contributed by atoms with Gasteiger partial charge in [-0.1, -0.05) is 12.1 Å². The highest BCUT2D eigenvalue weighted by atomic mass is 35.5. The molecule has 7 heteroatoms. The largest absolute Gasteiger partial charge is 0.497 e. The van der Waals surface area contributed by atoms with E-state index in [4.69, 9.17) is 10.5 Å². The minimum atomic E-state index is -0.339. The van der Waals surface area contributed by atoms with Crippen molar-refractivity contribution < 1.29 is 14.3 Å². The van der Waals surface area contributed by atoms with Gasteiger partial charge in [-0.2, -0.15) is 0 Å². The Bertz CT molecular complexity index is 497. The zero-order chi connectivity index (χ0) is 15.8. The molecule has 1 aromatic carbocycles. The number of rotatable bonds is 7. The lowest BCUT2D eigenvalue weighted by molar-refractivity contribution is -0.134. The van der Waals surface area contributed by atoms with Gasteiger partial charge in [-0.3, -0.25) is 9.59 Å². The smallest absolute Gasteiger partial charge is 0.242 e. The summed E-state index contributed by atoms with van der Waals surface area (Å²) in [7, 11) is 1.61. The number of benzene rings is 1. The van der Waals surface area contributed by atoms with Crippen molar-refractivity contribution in [3.05, 3.63) is 29.8 Å². The third-order valence-electron chi connectivity index (χ3n) is 3.33. The Morgan fingerprint density at radius 2 is 2.09 bits per heavy atom. The molecular weight excluding hydrogens is 306 g/mol. The number of nitrogens with zero attached hydrogens (tertiary/aromatic N) is 1. The molecule has 2 amide bonds. The minimum Gasteiger partial charge on any atom is -0.497 e. The lowest BCUT2D eigenvalue weighted by atomic mass is 10.1. The van der Waals surface area contributed by atoms with Crippen molar-refractivity contribution in [2.75, 3.05) is 26.7 Å². The molecule has 22 heavy (non-hydrogen) atoms. The van der Waals surface area contributed by atoms with Gasteiger partial charge < -0.3 is 20.7 Å². The predicted octanol–water partition coefficient (Wildman–Crippen LogP) is 1.10. The first kappa shape index (κ1) is 20.2. The topological polar surface area (TPSA) is 84.7 Å². The second kappa shape index (κ2) is 10.0. The van der Waals surface area contributed by atoms with Crippen LogP contribution in [-0.2, 0) is 9.59 Å². The molecular formula is C15H24ClN3O3. The Labute approximate surface area is 137 Å². The predicted molar refractivity (Wildman–Crippen MR) is 88.1 cm³/mol. The van der Waals surface area contributed by atoms with E-state index >= 15 is 0 Å².